The third kappa shape index (κ3) is 4.77. The van der Waals surface area contributed by atoms with E-state index in [2.05, 4.69) is 30.6 Å². The summed E-state index contributed by atoms with van der Waals surface area (Å²) in [6.45, 7) is 1.77. The highest BCUT2D eigenvalue weighted by Crippen LogP contribution is 2.26. The van der Waals surface area contributed by atoms with Gasteiger partial charge in [-0.2, -0.15) is 0 Å². The van der Waals surface area contributed by atoms with Crippen LogP contribution in [0.3, 0.4) is 0 Å². The molecular formula is C13H16Cl2N6. The zero-order valence-electron chi connectivity index (χ0n) is 11.8. The second-order valence-electron chi connectivity index (χ2n) is 4.76. The summed E-state index contributed by atoms with van der Waals surface area (Å²) in [4.78, 5) is 2.12. The number of halogens is 2. The van der Waals surface area contributed by atoms with E-state index in [-0.39, 0.29) is 0 Å². The van der Waals surface area contributed by atoms with Gasteiger partial charge in [0.15, 0.2) is 0 Å². The molecule has 1 heterocycles. The van der Waals surface area contributed by atoms with Gasteiger partial charge in [-0.3, -0.25) is 0 Å². The quantitative estimate of drug-likeness (QED) is 0.823. The van der Waals surface area contributed by atoms with E-state index in [1.165, 1.54) is 0 Å². The zero-order chi connectivity index (χ0) is 15.2. The molecule has 0 aliphatic carbocycles. The van der Waals surface area contributed by atoms with E-state index in [4.69, 9.17) is 23.2 Å². The van der Waals surface area contributed by atoms with Crippen molar-refractivity contribution in [1.82, 2.24) is 25.3 Å². The van der Waals surface area contributed by atoms with Gasteiger partial charge >= 0.3 is 0 Å². The standard InChI is InChI=1S/C13H16Cl2N6/c1-21(2)7-3-6-16-13-19-17-12(18-20-13)9-4-5-10(14)11(15)8-9/h4-5,8H,3,6-7H2,1-2H3,(H,16,19,20). The van der Waals surface area contributed by atoms with Gasteiger partial charge in [0.2, 0.25) is 5.82 Å². The number of hydrogen-bond donors (Lipinski definition) is 1. The molecule has 0 aliphatic rings. The molecule has 0 spiro atoms. The normalized spacial score (nSPS) is 10.9. The predicted octanol–water partition coefficient (Wildman–Crippen LogP) is 2.60. The van der Waals surface area contributed by atoms with Crippen molar-refractivity contribution in [3.63, 3.8) is 0 Å². The van der Waals surface area contributed by atoms with Gasteiger partial charge in [0.25, 0.3) is 5.95 Å². The molecule has 1 aromatic carbocycles. The van der Waals surface area contributed by atoms with Crippen molar-refractivity contribution < 1.29 is 0 Å². The van der Waals surface area contributed by atoms with E-state index < -0.39 is 0 Å². The van der Waals surface area contributed by atoms with Gasteiger partial charge in [-0.05, 0) is 45.3 Å². The lowest BCUT2D eigenvalue weighted by molar-refractivity contribution is 0.405. The Bertz CT molecular complexity index is 588. The Balaban J connectivity index is 1.96. The number of hydrogen-bond acceptors (Lipinski definition) is 6. The second-order valence-corrected chi connectivity index (χ2v) is 5.57. The molecule has 0 saturated heterocycles. The molecule has 8 heteroatoms. The number of nitrogens with one attached hydrogen (secondary N) is 1. The fourth-order valence-corrected chi connectivity index (χ4v) is 1.94. The van der Waals surface area contributed by atoms with E-state index in [0.717, 1.165) is 25.1 Å². The van der Waals surface area contributed by atoms with Crippen LogP contribution in [-0.2, 0) is 0 Å². The monoisotopic (exact) mass is 326 g/mol. The van der Waals surface area contributed by atoms with Crippen LogP contribution in [0.5, 0.6) is 0 Å². The maximum absolute atomic E-state index is 5.96. The second kappa shape index (κ2) is 7.49. The fraction of sp³-hybridized carbons (Fsp3) is 0.385. The van der Waals surface area contributed by atoms with Crippen molar-refractivity contribution in [1.29, 1.82) is 0 Å². The highest BCUT2D eigenvalue weighted by molar-refractivity contribution is 6.42. The number of rotatable bonds is 6. The minimum absolute atomic E-state index is 0.410. The molecule has 112 valence electrons. The van der Waals surface area contributed by atoms with Crippen LogP contribution in [0.2, 0.25) is 10.0 Å². The summed E-state index contributed by atoms with van der Waals surface area (Å²) in [6.07, 6.45) is 0.991. The molecule has 0 fully saturated rings. The molecule has 0 radical (unpaired) electrons. The van der Waals surface area contributed by atoms with E-state index >= 15 is 0 Å². The molecule has 0 aliphatic heterocycles. The number of anilines is 1. The van der Waals surface area contributed by atoms with Gasteiger partial charge in [-0.1, -0.05) is 23.2 Å². The largest absolute Gasteiger partial charge is 0.352 e. The summed E-state index contributed by atoms with van der Waals surface area (Å²) in [6, 6.07) is 5.15. The third-order valence-corrected chi connectivity index (χ3v) is 3.46. The maximum atomic E-state index is 5.96. The van der Waals surface area contributed by atoms with Crippen LogP contribution in [0.25, 0.3) is 11.4 Å². The molecule has 1 N–H and O–H groups in total. The van der Waals surface area contributed by atoms with Crippen LogP contribution in [-0.4, -0.2) is 52.5 Å². The van der Waals surface area contributed by atoms with Crippen molar-refractivity contribution in [2.45, 2.75) is 6.42 Å². The lowest BCUT2D eigenvalue weighted by Crippen LogP contribution is -2.17. The summed E-state index contributed by atoms with van der Waals surface area (Å²) in [5.41, 5.74) is 0.726. The molecule has 0 saturated carbocycles. The smallest absolute Gasteiger partial charge is 0.262 e. The first-order valence-corrected chi connectivity index (χ1v) is 7.23. The Hall–Kier alpha value is -1.50. The number of aromatic nitrogens is 4. The Morgan fingerprint density at radius 1 is 1.05 bits per heavy atom. The summed E-state index contributed by atoms with van der Waals surface area (Å²) in [7, 11) is 4.07. The highest BCUT2D eigenvalue weighted by Gasteiger charge is 2.06. The Morgan fingerprint density at radius 2 is 1.76 bits per heavy atom. The SMILES string of the molecule is CN(C)CCCNc1nnc(-c2ccc(Cl)c(Cl)c2)nn1. The molecule has 0 amide bonds. The Morgan fingerprint density at radius 3 is 2.38 bits per heavy atom. The summed E-state index contributed by atoms with van der Waals surface area (Å²) in [5, 5.41) is 20.1. The average molecular weight is 327 g/mol. The van der Waals surface area contributed by atoms with Crippen LogP contribution in [0.1, 0.15) is 6.42 Å². The summed E-state index contributed by atoms with van der Waals surface area (Å²) in [5.74, 6) is 0.824. The maximum Gasteiger partial charge on any atom is 0.262 e. The van der Waals surface area contributed by atoms with Crippen LogP contribution in [0, 0.1) is 0 Å². The fourth-order valence-electron chi connectivity index (χ4n) is 1.65. The van der Waals surface area contributed by atoms with Crippen molar-refractivity contribution in [2.24, 2.45) is 0 Å². The van der Waals surface area contributed by atoms with Crippen molar-refractivity contribution in [2.75, 3.05) is 32.5 Å². The first-order valence-electron chi connectivity index (χ1n) is 6.47. The van der Waals surface area contributed by atoms with Crippen LogP contribution < -0.4 is 5.32 Å². The van der Waals surface area contributed by atoms with Crippen LogP contribution in [0.15, 0.2) is 18.2 Å². The van der Waals surface area contributed by atoms with Gasteiger partial charge in [0, 0.05) is 12.1 Å². The molecular weight excluding hydrogens is 311 g/mol. The average Bonchev–Trinajstić information content (AvgIpc) is 2.47. The predicted molar refractivity (Wildman–Crippen MR) is 84.7 cm³/mol. The molecule has 0 atom stereocenters. The summed E-state index contributed by atoms with van der Waals surface area (Å²) < 4.78 is 0. The van der Waals surface area contributed by atoms with Gasteiger partial charge in [-0.15, -0.1) is 20.4 Å². The first kappa shape index (κ1) is 15.9. The molecule has 0 bridgehead atoms. The van der Waals surface area contributed by atoms with Crippen LogP contribution >= 0.6 is 23.2 Å². The molecule has 0 unspecified atom stereocenters. The number of benzene rings is 1. The minimum Gasteiger partial charge on any atom is -0.352 e. The lowest BCUT2D eigenvalue weighted by atomic mass is 10.2. The topological polar surface area (TPSA) is 66.8 Å². The molecule has 6 nitrogen and oxygen atoms in total. The lowest BCUT2D eigenvalue weighted by Gasteiger charge is -2.09. The summed E-state index contributed by atoms with van der Waals surface area (Å²) >= 11 is 11.8. The van der Waals surface area contributed by atoms with Crippen LogP contribution in [0.4, 0.5) is 5.95 Å². The number of nitrogens with zero attached hydrogens (tertiary/aromatic N) is 5. The van der Waals surface area contributed by atoms with Crippen molar-refractivity contribution in [3.8, 4) is 11.4 Å². The Labute approximate surface area is 133 Å². The van der Waals surface area contributed by atoms with Gasteiger partial charge in [0.1, 0.15) is 0 Å². The van der Waals surface area contributed by atoms with Crippen molar-refractivity contribution >= 4 is 29.2 Å². The zero-order valence-corrected chi connectivity index (χ0v) is 13.4. The van der Waals surface area contributed by atoms with E-state index in [9.17, 15) is 0 Å². The minimum atomic E-state index is 0.410. The van der Waals surface area contributed by atoms with E-state index in [1.54, 1.807) is 18.2 Å². The molecule has 2 rings (SSSR count). The van der Waals surface area contributed by atoms with Gasteiger partial charge in [0.05, 0.1) is 10.0 Å². The highest BCUT2D eigenvalue weighted by atomic mass is 35.5. The Kier molecular flexibility index (Phi) is 5.67. The van der Waals surface area contributed by atoms with Gasteiger partial charge in [-0.25, -0.2) is 0 Å². The van der Waals surface area contributed by atoms with E-state index in [1.807, 2.05) is 14.1 Å². The molecule has 1 aromatic heterocycles. The molecule has 21 heavy (non-hydrogen) atoms. The van der Waals surface area contributed by atoms with Gasteiger partial charge < -0.3 is 10.2 Å². The molecule has 2 aromatic rings. The van der Waals surface area contributed by atoms with E-state index in [0.29, 0.717) is 21.8 Å². The first-order chi connectivity index (χ1) is 10.1. The third-order valence-electron chi connectivity index (χ3n) is 2.72. The van der Waals surface area contributed by atoms with Crippen molar-refractivity contribution in [3.05, 3.63) is 28.2 Å².